The van der Waals surface area contributed by atoms with Crippen molar-refractivity contribution in [3.63, 3.8) is 0 Å². The number of anilines is 1. The van der Waals surface area contributed by atoms with Crippen molar-refractivity contribution >= 4 is 43.4 Å². The van der Waals surface area contributed by atoms with Gasteiger partial charge in [-0.25, -0.2) is 14.2 Å². The molecule has 0 atom stereocenters. The molecule has 2 aromatic carbocycles. The van der Waals surface area contributed by atoms with Gasteiger partial charge < -0.3 is 5.32 Å². The Labute approximate surface area is 190 Å². The maximum absolute atomic E-state index is 13.5. The van der Waals surface area contributed by atoms with Gasteiger partial charge in [0.1, 0.15) is 21.9 Å². The second-order valence-corrected chi connectivity index (χ2v) is 8.44. The van der Waals surface area contributed by atoms with E-state index >= 15 is 0 Å². The van der Waals surface area contributed by atoms with E-state index in [9.17, 15) is 18.8 Å². The fourth-order valence-corrected chi connectivity index (χ4v) is 4.80. The SMILES string of the molecule is O=C(Cn1c(=O)n(Cc2ccc(F)cc2)c(=O)c2sc3ncccc3c21)Nc1ccccc1. The molecule has 0 unspecified atom stereocenters. The first-order chi connectivity index (χ1) is 16.0. The first-order valence-electron chi connectivity index (χ1n) is 10.1. The van der Waals surface area contributed by atoms with E-state index in [0.29, 0.717) is 31.7 Å². The van der Waals surface area contributed by atoms with E-state index in [1.165, 1.54) is 40.2 Å². The summed E-state index contributed by atoms with van der Waals surface area (Å²) in [4.78, 5) is 44.5. The van der Waals surface area contributed by atoms with Crippen molar-refractivity contribution in [2.45, 2.75) is 13.1 Å². The quantitative estimate of drug-likeness (QED) is 0.434. The summed E-state index contributed by atoms with van der Waals surface area (Å²) in [5, 5.41) is 3.41. The predicted molar refractivity (Wildman–Crippen MR) is 126 cm³/mol. The van der Waals surface area contributed by atoms with E-state index in [1.807, 2.05) is 6.07 Å². The molecule has 0 radical (unpaired) electrons. The summed E-state index contributed by atoms with van der Waals surface area (Å²) in [6, 6.07) is 18.0. The minimum absolute atomic E-state index is 0.0458. The molecule has 0 fully saturated rings. The molecule has 0 aliphatic rings. The zero-order valence-electron chi connectivity index (χ0n) is 17.2. The van der Waals surface area contributed by atoms with Gasteiger partial charge in [-0.2, -0.15) is 0 Å². The molecule has 0 aliphatic heterocycles. The predicted octanol–water partition coefficient (Wildman–Crippen LogP) is 3.60. The van der Waals surface area contributed by atoms with Gasteiger partial charge in [-0.05, 0) is 42.0 Å². The third-order valence-electron chi connectivity index (χ3n) is 5.22. The van der Waals surface area contributed by atoms with Gasteiger partial charge in [-0.1, -0.05) is 30.3 Å². The van der Waals surface area contributed by atoms with Crippen LogP contribution in [0.25, 0.3) is 20.4 Å². The van der Waals surface area contributed by atoms with E-state index in [2.05, 4.69) is 10.3 Å². The number of para-hydroxylation sites is 1. The summed E-state index contributed by atoms with van der Waals surface area (Å²) in [5.74, 6) is -0.813. The number of halogens is 1. The lowest BCUT2D eigenvalue weighted by molar-refractivity contribution is -0.116. The molecule has 164 valence electrons. The molecule has 0 bridgehead atoms. The number of thiophene rings is 1. The number of pyridine rings is 1. The lowest BCUT2D eigenvalue weighted by atomic mass is 10.2. The summed E-state index contributed by atoms with van der Waals surface area (Å²) in [5.41, 5.74) is 0.486. The topological polar surface area (TPSA) is 86.0 Å². The van der Waals surface area contributed by atoms with Crippen LogP contribution >= 0.6 is 11.3 Å². The molecule has 9 heteroatoms. The fraction of sp³-hybridized carbons (Fsp3) is 0.0833. The van der Waals surface area contributed by atoms with Crippen LogP contribution in [0.1, 0.15) is 5.56 Å². The highest BCUT2D eigenvalue weighted by Crippen LogP contribution is 2.29. The summed E-state index contributed by atoms with van der Waals surface area (Å²) >= 11 is 1.17. The standard InChI is InChI=1S/C24H17FN4O3S/c25-16-10-8-15(9-11-16)13-29-23(31)21-20(18-7-4-12-26-22(18)33-21)28(24(29)32)14-19(30)27-17-5-2-1-3-6-17/h1-12H,13-14H2,(H,27,30). The summed E-state index contributed by atoms with van der Waals surface area (Å²) in [7, 11) is 0. The maximum Gasteiger partial charge on any atom is 0.332 e. The van der Waals surface area contributed by atoms with Crippen LogP contribution in [-0.2, 0) is 17.9 Å². The molecule has 1 amide bonds. The van der Waals surface area contributed by atoms with Crippen molar-refractivity contribution in [3.8, 4) is 0 Å². The van der Waals surface area contributed by atoms with Gasteiger partial charge >= 0.3 is 5.69 Å². The molecule has 3 heterocycles. The number of benzene rings is 2. The number of aromatic nitrogens is 3. The van der Waals surface area contributed by atoms with Gasteiger partial charge in [0.2, 0.25) is 5.91 Å². The van der Waals surface area contributed by atoms with Gasteiger partial charge in [-0.15, -0.1) is 11.3 Å². The monoisotopic (exact) mass is 460 g/mol. The summed E-state index contributed by atoms with van der Waals surface area (Å²) in [6.45, 7) is -0.329. The third kappa shape index (κ3) is 3.94. The Morgan fingerprint density at radius 2 is 1.73 bits per heavy atom. The van der Waals surface area contributed by atoms with E-state index in [1.54, 1.807) is 42.6 Å². The number of fused-ring (bicyclic) bond motifs is 3. The van der Waals surface area contributed by atoms with Crippen LogP contribution in [-0.4, -0.2) is 20.0 Å². The van der Waals surface area contributed by atoms with Crippen LogP contribution in [0.15, 0.2) is 82.5 Å². The molecular weight excluding hydrogens is 443 g/mol. The van der Waals surface area contributed by atoms with E-state index in [-0.39, 0.29) is 13.1 Å². The van der Waals surface area contributed by atoms with Gasteiger partial charge in [0.15, 0.2) is 0 Å². The molecule has 0 saturated carbocycles. The van der Waals surface area contributed by atoms with Crippen molar-refractivity contribution in [3.05, 3.63) is 105 Å². The molecule has 0 saturated heterocycles. The number of carbonyl (C=O) groups is 1. The minimum atomic E-state index is -0.622. The molecule has 7 nitrogen and oxygen atoms in total. The Bertz CT molecular complexity index is 1610. The minimum Gasteiger partial charge on any atom is -0.325 e. The number of rotatable bonds is 5. The number of nitrogens with one attached hydrogen (secondary N) is 1. The van der Waals surface area contributed by atoms with Crippen LogP contribution in [0, 0.1) is 5.82 Å². The normalized spacial score (nSPS) is 11.2. The lowest BCUT2D eigenvalue weighted by Gasteiger charge is -2.13. The smallest absolute Gasteiger partial charge is 0.325 e. The van der Waals surface area contributed by atoms with Crippen LogP contribution in [0.3, 0.4) is 0 Å². The van der Waals surface area contributed by atoms with Crippen LogP contribution in [0.5, 0.6) is 0 Å². The molecule has 0 aliphatic carbocycles. The zero-order valence-corrected chi connectivity index (χ0v) is 18.0. The van der Waals surface area contributed by atoms with Gasteiger partial charge in [0.05, 0.1) is 12.1 Å². The Morgan fingerprint density at radius 1 is 0.970 bits per heavy atom. The van der Waals surface area contributed by atoms with E-state index in [0.717, 1.165) is 4.57 Å². The number of nitrogens with zero attached hydrogens (tertiary/aromatic N) is 3. The molecule has 1 N–H and O–H groups in total. The Kier molecular flexibility index (Phi) is 5.31. The van der Waals surface area contributed by atoms with Crippen molar-refractivity contribution < 1.29 is 9.18 Å². The molecule has 5 rings (SSSR count). The van der Waals surface area contributed by atoms with Crippen molar-refractivity contribution in [1.82, 2.24) is 14.1 Å². The first kappa shape index (κ1) is 20.8. The second kappa shape index (κ2) is 8.44. The largest absolute Gasteiger partial charge is 0.332 e. The first-order valence-corrected chi connectivity index (χ1v) is 10.9. The molecule has 3 aromatic heterocycles. The average Bonchev–Trinajstić information content (AvgIpc) is 3.21. The molecular formula is C24H17FN4O3S. The molecule has 0 spiro atoms. The molecule has 5 aromatic rings. The van der Waals surface area contributed by atoms with Crippen LogP contribution in [0.2, 0.25) is 0 Å². The third-order valence-corrected chi connectivity index (χ3v) is 6.32. The second-order valence-electron chi connectivity index (χ2n) is 7.44. The summed E-state index contributed by atoms with van der Waals surface area (Å²) in [6.07, 6.45) is 1.61. The van der Waals surface area contributed by atoms with Gasteiger partial charge in [-0.3, -0.25) is 18.7 Å². The number of hydrogen-bond donors (Lipinski definition) is 1. The van der Waals surface area contributed by atoms with E-state index in [4.69, 9.17) is 0 Å². The van der Waals surface area contributed by atoms with Crippen LogP contribution < -0.4 is 16.6 Å². The van der Waals surface area contributed by atoms with Crippen molar-refractivity contribution in [2.24, 2.45) is 0 Å². The lowest BCUT2D eigenvalue weighted by Crippen LogP contribution is -2.41. The highest BCUT2D eigenvalue weighted by atomic mass is 32.1. The van der Waals surface area contributed by atoms with Gasteiger partial charge in [0, 0.05) is 17.3 Å². The fourth-order valence-electron chi connectivity index (χ4n) is 3.71. The number of carbonyl (C=O) groups excluding carboxylic acids is 1. The van der Waals surface area contributed by atoms with E-state index < -0.39 is 23.0 Å². The Balaban J connectivity index is 1.66. The van der Waals surface area contributed by atoms with Gasteiger partial charge in [0.25, 0.3) is 5.56 Å². The summed E-state index contributed by atoms with van der Waals surface area (Å²) < 4.78 is 16.0. The average molecular weight is 460 g/mol. The van der Waals surface area contributed by atoms with Crippen molar-refractivity contribution in [1.29, 1.82) is 0 Å². The highest BCUT2D eigenvalue weighted by Gasteiger charge is 2.20. The zero-order chi connectivity index (χ0) is 22.9. The van der Waals surface area contributed by atoms with Crippen LogP contribution in [0.4, 0.5) is 10.1 Å². The van der Waals surface area contributed by atoms with Crippen molar-refractivity contribution in [2.75, 3.05) is 5.32 Å². The Hall–Kier alpha value is -4.11. The number of amides is 1. The highest BCUT2D eigenvalue weighted by molar-refractivity contribution is 7.25. The maximum atomic E-state index is 13.5. The Morgan fingerprint density at radius 3 is 2.48 bits per heavy atom. The molecule has 33 heavy (non-hydrogen) atoms. The number of hydrogen-bond acceptors (Lipinski definition) is 5.